The van der Waals surface area contributed by atoms with Crippen molar-refractivity contribution >= 4 is 17.7 Å². The van der Waals surface area contributed by atoms with E-state index < -0.39 is 0 Å². The molecule has 1 aliphatic carbocycles. The maximum atomic E-state index is 11.9. The molecule has 1 aliphatic heterocycles. The molecule has 1 saturated heterocycles. The molecule has 5 heteroatoms. The van der Waals surface area contributed by atoms with Gasteiger partial charge in [0.1, 0.15) is 0 Å². The standard InChI is InChI=1S/C22H22N4O/c23-12-17-3-1-5-18(11-17)26-14-20-19(21(20)15-26)8-10-25-22(27)7-6-16-4-2-9-24-13-16/h1-7,9,11,13,19-21H,8,10,14-15H2,(H,25,27)/b7-6+/t19?,20-,21+. The first-order valence-corrected chi connectivity index (χ1v) is 9.35. The molecule has 4 rings (SSSR count). The van der Waals surface area contributed by atoms with Crippen molar-refractivity contribution in [1.82, 2.24) is 10.3 Å². The summed E-state index contributed by atoms with van der Waals surface area (Å²) in [6, 6.07) is 13.8. The van der Waals surface area contributed by atoms with Crippen LogP contribution in [0, 0.1) is 29.1 Å². The summed E-state index contributed by atoms with van der Waals surface area (Å²) < 4.78 is 0. The summed E-state index contributed by atoms with van der Waals surface area (Å²) >= 11 is 0. The van der Waals surface area contributed by atoms with Crippen LogP contribution < -0.4 is 10.2 Å². The van der Waals surface area contributed by atoms with Crippen molar-refractivity contribution in [3.63, 3.8) is 0 Å². The molecule has 1 N–H and O–H groups in total. The number of nitrogens with one attached hydrogen (secondary N) is 1. The van der Waals surface area contributed by atoms with Crippen molar-refractivity contribution in [3.8, 4) is 6.07 Å². The molecule has 1 unspecified atom stereocenters. The number of carbonyl (C=O) groups excluding carboxylic acids is 1. The van der Waals surface area contributed by atoms with E-state index in [2.05, 4.69) is 27.3 Å². The maximum absolute atomic E-state index is 11.9. The average Bonchev–Trinajstić information content (AvgIpc) is 3.15. The Kier molecular flexibility index (Phi) is 4.88. The van der Waals surface area contributed by atoms with E-state index in [9.17, 15) is 4.79 Å². The molecule has 2 aliphatic rings. The Hall–Kier alpha value is -3.13. The fourth-order valence-corrected chi connectivity index (χ4v) is 4.13. The van der Waals surface area contributed by atoms with Crippen LogP contribution in [0.4, 0.5) is 5.69 Å². The number of aromatic nitrogens is 1. The minimum atomic E-state index is -0.0559. The lowest BCUT2D eigenvalue weighted by Gasteiger charge is -2.22. The average molecular weight is 358 g/mol. The summed E-state index contributed by atoms with van der Waals surface area (Å²) in [5, 5.41) is 12.0. The molecule has 27 heavy (non-hydrogen) atoms. The molecule has 2 aromatic rings. The number of nitriles is 1. The number of benzene rings is 1. The molecule has 136 valence electrons. The summed E-state index contributed by atoms with van der Waals surface area (Å²) in [5.41, 5.74) is 2.78. The van der Waals surface area contributed by atoms with Gasteiger partial charge in [-0.3, -0.25) is 9.78 Å². The predicted octanol–water partition coefficient (Wildman–Crippen LogP) is 2.86. The number of anilines is 1. The van der Waals surface area contributed by atoms with Gasteiger partial charge in [0.05, 0.1) is 11.6 Å². The number of amides is 1. The normalized spacial score (nSPS) is 23.1. The highest BCUT2D eigenvalue weighted by Crippen LogP contribution is 2.54. The molecular formula is C22H22N4O. The van der Waals surface area contributed by atoms with Gasteiger partial charge in [0.25, 0.3) is 0 Å². The van der Waals surface area contributed by atoms with Crippen LogP contribution in [0.1, 0.15) is 17.5 Å². The van der Waals surface area contributed by atoms with E-state index in [-0.39, 0.29) is 5.91 Å². The van der Waals surface area contributed by atoms with Crippen LogP contribution in [0.15, 0.2) is 54.9 Å². The molecule has 5 nitrogen and oxygen atoms in total. The third-order valence-electron chi connectivity index (χ3n) is 5.60. The van der Waals surface area contributed by atoms with Gasteiger partial charge < -0.3 is 10.2 Å². The Bertz CT molecular complexity index is 875. The van der Waals surface area contributed by atoms with Crippen molar-refractivity contribution in [2.45, 2.75) is 6.42 Å². The highest BCUT2D eigenvalue weighted by Gasteiger charge is 2.54. The molecule has 3 atom stereocenters. The van der Waals surface area contributed by atoms with Crippen LogP contribution in [0.25, 0.3) is 6.08 Å². The molecule has 0 radical (unpaired) electrons. The topological polar surface area (TPSA) is 69.0 Å². The van der Waals surface area contributed by atoms with Crippen LogP contribution in [0.3, 0.4) is 0 Å². The minimum absolute atomic E-state index is 0.0559. The number of hydrogen-bond acceptors (Lipinski definition) is 4. The van der Waals surface area contributed by atoms with Crippen molar-refractivity contribution in [1.29, 1.82) is 5.26 Å². The molecule has 2 heterocycles. The number of piperidine rings is 1. The second-order valence-corrected chi connectivity index (χ2v) is 7.26. The zero-order valence-electron chi connectivity index (χ0n) is 15.1. The van der Waals surface area contributed by atoms with E-state index in [1.807, 2.05) is 30.3 Å². The van der Waals surface area contributed by atoms with E-state index in [1.54, 1.807) is 24.5 Å². The van der Waals surface area contributed by atoms with E-state index in [0.29, 0.717) is 11.5 Å². The fraction of sp³-hybridized carbons (Fsp3) is 0.318. The number of nitrogens with zero attached hydrogens (tertiary/aromatic N) is 3. The second-order valence-electron chi connectivity index (χ2n) is 7.26. The Morgan fingerprint density at radius 1 is 1.30 bits per heavy atom. The summed E-state index contributed by atoms with van der Waals surface area (Å²) in [7, 11) is 0. The molecule has 1 saturated carbocycles. The third-order valence-corrected chi connectivity index (χ3v) is 5.60. The van der Waals surface area contributed by atoms with Gasteiger partial charge in [-0.1, -0.05) is 12.1 Å². The second kappa shape index (κ2) is 7.63. The molecule has 2 fully saturated rings. The summed E-state index contributed by atoms with van der Waals surface area (Å²) in [6.07, 6.45) is 7.82. The van der Waals surface area contributed by atoms with Crippen molar-refractivity contribution in [3.05, 3.63) is 66.0 Å². The lowest BCUT2D eigenvalue weighted by Crippen LogP contribution is -2.26. The minimum Gasteiger partial charge on any atom is -0.371 e. The van der Waals surface area contributed by atoms with Gasteiger partial charge in [0.15, 0.2) is 0 Å². The molecule has 1 aromatic heterocycles. The van der Waals surface area contributed by atoms with Crippen LogP contribution in [0.2, 0.25) is 0 Å². The zero-order valence-corrected chi connectivity index (χ0v) is 15.1. The zero-order chi connectivity index (χ0) is 18.6. The molecule has 0 bridgehead atoms. The predicted molar refractivity (Wildman–Crippen MR) is 105 cm³/mol. The third kappa shape index (κ3) is 4.01. The van der Waals surface area contributed by atoms with Crippen LogP contribution in [0.5, 0.6) is 0 Å². The Balaban J connectivity index is 1.19. The fourth-order valence-electron chi connectivity index (χ4n) is 4.13. The van der Waals surface area contributed by atoms with Gasteiger partial charge in [-0.2, -0.15) is 5.26 Å². The van der Waals surface area contributed by atoms with E-state index >= 15 is 0 Å². The summed E-state index contributed by atoms with van der Waals surface area (Å²) in [4.78, 5) is 18.3. The summed E-state index contributed by atoms with van der Waals surface area (Å²) in [6.45, 7) is 2.83. The molecule has 0 spiro atoms. The van der Waals surface area contributed by atoms with Gasteiger partial charge in [-0.05, 0) is 60.1 Å². The quantitative estimate of drug-likeness (QED) is 0.806. The highest BCUT2D eigenvalue weighted by atomic mass is 16.1. The number of hydrogen-bond donors (Lipinski definition) is 1. The van der Waals surface area contributed by atoms with Crippen molar-refractivity contribution < 1.29 is 4.79 Å². The Morgan fingerprint density at radius 2 is 2.15 bits per heavy atom. The highest BCUT2D eigenvalue weighted by molar-refractivity contribution is 5.91. The number of rotatable bonds is 6. The van der Waals surface area contributed by atoms with Crippen molar-refractivity contribution in [2.75, 3.05) is 24.5 Å². The molecule has 1 aromatic carbocycles. The monoisotopic (exact) mass is 358 g/mol. The number of pyridine rings is 1. The van der Waals surface area contributed by atoms with Gasteiger partial charge >= 0.3 is 0 Å². The number of carbonyl (C=O) groups is 1. The first kappa shape index (κ1) is 17.3. The lowest BCUT2D eigenvalue weighted by molar-refractivity contribution is -0.116. The largest absolute Gasteiger partial charge is 0.371 e. The first-order chi connectivity index (χ1) is 13.2. The SMILES string of the molecule is N#Cc1cccc(N2C[C@@H]3C(CCNC(=O)/C=C/c4cccnc4)[C@@H]3C2)c1. The van der Waals surface area contributed by atoms with E-state index in [0.717, 1.165) is 49.1 Å². The van der Waals surface area contributed by atoms with Gasteiger partial charge in [0.2, 0.25) is 5.91 Å². The Morgan fingerprint density at radius 3 is 2.89 bits per heavy atom. The van der Waals surface area contributed by atoms with Gasteiger partial charge in [-0.15, -0.1) is 0 Å². The summed E-state index contributed by atoms with van der Waals surface area (Å²) in [5.74, 6) is 2.10. The van der Waals surface area contributed by atoms with E-state index in [4.69, 9.17) is 5.26 Å². The number of fused-ring (bicyclic) bond motifs is 1. The first-order valence-electron chi connectivity index (χ1n) is 9.35. The lowest BCUT2D eigenvalue weighted by atomic mass is 10.1. The van der Waals surface area contributed by atoms with Crippen molar-refractivity contribution in [2.24, 2.45) is 17.8 Å². The van der Waals surface area contributed by atoms with Crippen LogP contribution >= 0.6 is 0 Å². The maximum Gasteiger partial charge on any atom is 0.244 e. The van der Waals surface area contributed by atoms with E-state index in [1.165, 1.54) is 0 Å². The van der Waals surface area contributed by atoms with Crippen LogP contribution in [-0.2, 0) is 4.79 Å². The van der Waals surface area contributed by atoms with Gasteiger partial charge in [-0.25, -0.2) is 0 Å². The molecule has 1 amide bonds. The van der Waals surface area contributed by atoms with Crippen LogP contribution in [-0.4, -0.2) is 30.5 Å². The smallest absolute Gasteiger partial charge is 0.244 e. The Labute approximate surface area is 159 Å². The van der Waals surface area contributed by atoms with Gasteiger partial charge in [0, 0.05) is 43.8 Å². The molecular weight excluding hydrogens is 336 g/mol.